The van der Waals surface area contributed by atoms with Crippen molar-refractivity contribution in [1.29, 1.82) is 0 Å². The predicted octanol–water partition coefficient (Wildman–Crippen LogP) is 2.86. The molecule has 1 fully saturated rings. The lowest BCUT2D eigenvalue weighted by Gasteiger charge is -2.37. The molecule has 1 saturated heterocycles. The van der Waals surface area contributed by atoms with Crippen molar-refractivity contribution in [3.05, 3.63) is 47.0 Å². The molecular formula is C24H30N2O5. The summed E-state index contributed by atoms with van der Waals surface area (Å²) in [7, 11) is 3.37. The first-order chi connectivity index (χ1) is 15.2. The second kappa shape index (κ2) is 8.94. The standard InChI is InChI=1S/C24H30N2O5/c1-27-21-12-18-5-10-29-24(19(18)13-22(21)28-2)15-26-8-6-25(7-9-26)14-17-3-4-20-23(11-17)31-16-30-20/h3-4,11-13,24H,5-10,14-16H2,1-2H3. The molecule has 0 N–H and O–H groups in total. The van der Waals surface area contributed by atoms with E-state index in [4.69, 9.17) is 23.7 Å². The Kier molecular flexibility index (Phi) is 5.89. The van der Waals surface area contributed by atoms with Crippen molar-refractivity contribution in [3.63, 3.8) is 0 Å². The highest BCUT2D eigenvalue weighted by atomic mass is 16.7. The molecule has 0 amide bonds. The largest absolute Gasteiger partial charge is 0.493 e. The van der Waals surface area contributed by atoms with Gasteiger partial charge in [-0.2, -0.15) is 0 Å². The fourth-order valence-corrected chi connectivity index (χ4v) is 4.67. The Balaban J connectivity index is 1.19. The second-order valence-corrected chi connectivity index (χ2v) is 8.28. The van der Waals surface area contributed by atoms with E-state index in [2.05, 4.69) is 34.1 Å². The maximum Gasteiger partial charge on any atom is 0.231 e. The van der Waals surface area contributed by atoms with Gasteiger partial charge in [-0.1, -0.05) is 6.07 Å². The highest BCUT2D eigenvalue weighted by molar-refractivity contribution is 5.49. The van der Waals surface area contributed by atoms with Gasteiger partial charge in [0.25, 0.3) is 0 Å². The number of hydrogen-bond donors (Lipinski definition) is 0. The molecule has 2 aromatic carbocycles. The van der Waals surface area contributed by atoms with Crippen LogP contribution in [0.4, 0.5) is 0 Å². The Hall–Kier alpha value is -2.48. The van der Waals surface area contributed by atoms with Gasteiger partial charge < -0.3 is 23.7 Å². The van der Waals surface area contributed by atoms with Gasteiger partial charge in [-0.3, -0.25) is 9.80 Å². The van der Waals surface area contributed by atoms with Crippen LogP contribution in [0.5, 0.6) is 23.0 Å². The van der Waals surface area contributed by atoms with E-state index in [0.717, 1.165) is 75.3 Å². The Morgan fingerprint density at radius 2 is 1.65 bits per heavy atom. The van der Waals surface area contributed by atoms with Gasteiger partial charge in [-0.05, 0) is 47.4 Å². The minimum absolute atomic E-state index is 0.0731. The molecule has 0 bridgehead atoms. The van der Waals surface area contributed by atoms with Gasteiger partial charge in [0, 0.05) is 39.3 Å². The molecule has 3 aliphatic heterocycles. The van der Waals surface area contributed by atoms with Gasteiger partial charge in [0.1, 0.15) is 0 Å². The first-order valence-electron chi connectivity index (χ1n) is 10.9. The smallest absolute Gasteiger partial charge is 0.231 e. The Bertz CT molecular complexity index is 926. The molecule has 1 atom stereocenters. The van der Waals surface area contributed by atoms with Gasteiger partial charge in [0.2, 0.25) is 6.79 Å². The zero-order valence-corrected chi connectivity index (χ0v) is 18.3. The molecule has 0 spiro atoms. The van der Waals surface area contributed by atoms with Crippen molar-refractivity contribution in [1.82, 2.24) is 9.80 Å². The third-order valence-corrected chi connectivity index (χ3v) is 6.41. The van der Waals surface area contributed by atoms with Crippen LogP contribution in [0.2, 0.25) is 0 Å². The molecule has 0 aromatic heterocycles. The summed E-state index contributed by atoms with van der Waals surface area (Å²) in [4.78, 5) is 5.00. The maximum atomic E-state index is 6.17. The molecule has 31 heavy (non-hydrogen) atoms. The van der Waals surface area contributed by atoms with Gasteiger partial charge >= 0.3 is 0 Å². The number of benzene rings is 2. The minimum Gasteiger partial charge on any atom is -0.493 e. The average Bonchev–Trinajstić information content (AvgIpc) is 3.27. The zero-order valence-electron chi connectivity index (χ0n) is 18.3. The van der Waals surface area contributed by atoms with Gasteiger partial charge in [0.05, 0.1) is 26.9 Å². The van der Waals surface area contributed by atoms with E-state index in [-0.39, 0.29) is 6.10 Å². The number of hydrogen-bond acceptors (Lipinski definition) is 7. The quantitative estimate of drug-likeness (QED) is 0.704. The van der Waals surface area contributed by atoms with Crippen molar-refractivity contribution >= 4 is 0 Å². The van der Waals surface area contributed by atoms with E-state index in [1.54, 1.807) is 14.2 Å². The first kappa shape index (κ1) is 20.4. The lowest BCUT2D eigenvalue weighted by Crippen LogP contribution is -2.47. The van der Waals surface area contributed by atoms with Crippen LogP contribution in [-0.4, -0.2) is 70.1 Å². The molecule has 3 heterocycles. The maximum absolute atomic E-state index is 6.17. The molecule has 5 rings (SSSR count). The molecule has 7 nitrogen and oxygen atoms in total. The molecule has 3 aliphatic rings. The van der Waals surface area contributed by atoms with E-state index < -0.39 is 0 Å². The summed E-state index contributed by atoms with van der Waals surface area (Å²) in [5.74, 6) is 3.26. The summed E-state index contributed by atoms with van der Waals surface area (Å²) in [5, 5.41) is 0. The van der Waals surface area contributed by atoms with Crippen molar-refractivity contribution in [2.24, 2.45) is 0 Å². The molecule has 0 aliphatic carbocycles. The van der Waals surface area contributed by atoms with E-state index in [1.807, 2.05) is 6.07 Å². The highest BCUT2D eigenvalue weighted by Gasteiger charge is 2.27. The zero-order chi connectivity index (χ0) is 21.2. The molecule has 7 heteroatoms. The summed E-state index contributed by atoms with van der Waals surface area (Å²) in [6.07, 6.45) is 0.985. The lowest BCUT2D eigenvalue weighted by atomic mass is 9.96. The molecule has 0 radical (unpaired) electrons. The summed E-state index contributed by atoms with van der Waals surface area (Å²) in [6, 6.07) is 10.4. The van der Waals surface area contributed by atoms with Crippen LogP contribution in [0.25, 0.3) is 0 Å². The summed E-state index contributed by atoms with van der Waals surface area (Å²) in [6.45, 7) is 7.06. The van der Waals surface area contributed by atoms with E-state index in [1.165, 1.54) is 16.7 Å². The summed E-state index contributed by atoms with van der Waals surface area (Å²) >= 11 is 0. The van der Waals surface area contributed by atoms with E-state index >= 15 is 0 Å². The average molecular weight is 427 g/mol. The number of piperazine rings is 1. The fraction of sp³-hybridized carbons (Fsp3) is 0.500. The molecule has 166 valence electrons. The number of ether oxygens (including phenoxy) is 5. The van der Waals surface area contributed by atoms with Crippen LogP contribution < -0.4 is 18.9 Å². The Morgan fingerprint density at radius 1 is 0.903 bits per heavy atom. The van der Waals surface area contributed by atoms with Crippen molar-refractivity contribution in [3.8, 4) is 23.0 Å². The lowest BCUT2D eigenvalue weighted by molar-refractivity contribution is 0.00367. The normalized spacial score (nSPS) is 21.0. The minimum atomic E-state index is 0.0731. The number of fused-ring (bicyclic) bond motifs is 2. The second-order valence-electron chi connectivity index (χ2n) is 8.28. The number of rotatable bonds is 6. The van der Waals surface area contributed by atoms with E-state index in [0.29, 0.717) is 6.79 Å². The van der Waals surface area contributed by atoms with Crippen LogP contribution in [0.1, 0.15) is 22.8 Å². The van der Waals surface area contributed by atoms with Crippen LogP contribution in [-0.2, 0) is 17.7 Å². The molecular weight excluding hydrogens is 396 g/mol. The highest BCUT2D eigenvalue weighted by Crippen LogP contribution is 2.37. The third kappa shape index (κ3) is 4.31. The number of methoxy groups -OCH3 is 2. The van der Waals surface area contributed by atoms with Crippen molar-refractivity contribution in [2.45, 2.75) is 19.1 Å². The van der Waals surface area contributed by atoms with Crippen molar-refractivity contribution in [2.75, 3.05) is 60.3 Å². The monoisotopic (exact) mass is 426 g/mol. The predicted molar refractivity (Wildman–Crippen MR) is 116 cm³/mol. The van der Waals surface area contributed by atoms with E-state index in [9.17, 15) is 0 Å². The van der Waals surface area contributed by atoms with Gasteiger partial charge in [-0.25, -0.2) is 0 Å². The Morgan fingerprint density at radius 3 is 2.45 bits per heavy atom. The Labute approximate surface area is 183 Å². The van der Waals surface area contributed by atoms with Crippen LogP contribution >= 0.6 is 0 Å². The number of nitrogens with zero attached hydrogens (tertiary/aromatic N) is 2. The topological polar surface area (TPSA) is 52.6 Å². The van der Waals surface area contributed by atoms with Gasteiger partial charge in [0.15, 0.2) is 23.0 Å². The fourth-order valence-electron chi connectivity index (χ4n) is 4.67. The first-order valence-corrected chi connectivity index (χ1v) is 10.9. The SMILES string of the molecule is COc1cc2c(cc1OC)C(CN1CCN(Cc3ccc4c(c3)OCO4)CC1)OCC2. The van der Waals surface area contributed by atoms with Crippen molar-refractivity contribution < 1.29 is 23.7 Å². The molecule has 1 unspecified atom stereocenters. The van der Waals surface area contributed by atoms with Gasteiger partial charge in [-0.15, -0.1) is 0 Å². The summed E-state index contributed by atoms with van der Waals surface area (Å²) < 4.78 is 28.1. The van der Waals surface area contributed by atoms with Crippen LogP contribution in [0, 0.1) is 0 Å². The summed E-state index contributed by atoms with van der Waals surface area (Å²) in [5.41, 5.74) is 3.80. The van der Waals surface area contributed by atoms with Crippen LogP contribution in [0.15, 0.2) is 30.3 Å². The van der Waals surface area contributed by atoms with Crippen LogP contribution in [0.3, 0.4) is 0 Å². The molecule has 2 aromatic rings. The third-order valence-electron chi connectivity index (χ3n) is 6.41. The molecule has 0 saturated carbocycles.